The van der Waals surface area contributed by atoms with Crippen molar-refractivity contribution in [3.8, 4) is 0 Å². The molecule has 1 aromatic carbocycles. The second-order valence-corrected chi connectivity index (χ2v) is 5.76. The summed E-state index contributed by atoms with van der Waals surface area (Å²) in [7, 11) is 0. The first kappa shape index (κ1) is 14.5. The summed E-state index contributed by atoms with van der Waals surface area (Å²) in [5.41, 5.74) is 2.48. The van der Waals surface area contributed by atoms with Gasteiger partial charge in [0.25, 0.3) is 0 Å². The number of nitrogens with zero attached hydrogens (tertiary/aromatic N) is 1. The van der Waals surface area contributed by atoms with Crippen LogP contribution in [0.3, 0.4) is 0 Å². The van der Waals surface area contributed by atoms with E-state index in [4.69, 9.17) is 0 Å². The highest BCUT2D eigenvalue weighted by Gasteiger charge is 2.22. The number of likely N-dealkylation sites (N-methyl/N-ethyl adjacent to an activating group) is 1. The van der Waals surface area contributed by atoms with Gasteiger partial charge in [-0.1, -0.05) is 38.1 Å². The minimum Gasteiger partial charge on any atom is -0.310 e. The van der Waals surface area contributed by atoms with Crippen molar-refractivity contribution in [2.24, 2.45) is 0 Å². The molecule has 0 bridgehead atoms. The highest BCUT2D eigenvalue weighted by atomic mass is 127. The van der Waals surface area contributed by atoms with Crippen LogP contribution in [0, 0.1) is 3.57 Å². The van der Waals surface area contributed by atoms with Gasteiger partial charge in [0, 0.05) is 27.4 Å². The van der Waals surface area contributed by atoms with Gasteiger partial charge in [-0.25, -0.2) is 0 Å². The zero-order valence-corrected chi connectivity index (χ0v) is 13.5. The summed E-state index contributed by atoms with van der Waals surface area (Å²) in [5.74, 6) is 0.345. The van der Waals surface area contributed by atoms with Gasteiger partial charge in [0.2, 0.25) is 0 Å². The fourth-order valence-electron chi connectivity index (χ4n) is 2.32. The molecular weight excluding hydrogens is 347 g/mol. The van der Waals surface area contributed by atoms with Gasteiger partial charge in [0.05, 0.1) is 0 Å². The Morgan fingerprint density at radius 3 is 2.53 bits per heavy atom. The van der Waals surface area contributed by atoms with Gasteiger partial charge in [-0.2, -0.15) is 0 Å². The topological polar surface area (TPSA) is 24.9 Å². The third kappa shape index (κ3) is 3.54. The Kier molecular flexibility index (Phi) is 5.34. The Hall–Kier alpha value is -0.940. The molecule has 1 aromatic heterocycles. The second-order valence-electron chi connectivity index (χ2n) is 4.60. The Balaban J connectivity index is 2.33. The molecule has 0 saturated heterocycles. The minimum absolute atomic E-state index is 0.299. The van der Waals surface area contributed by atoms with Gasteiger partial charge < -0.3 is 5.32 Å². The van der Waals surface area contributed by atoms with Gasteiger partial charge in [0.1, 0.15) is 0 Å². The van der Waals surface area contributed by atoms with Gasteiger partial charge in [-0.3, -0.25) is 4.98 Å². The molecule has 0 amide bonds. The number of halogens is 1. The Bertz CT molecular complexity index is 513. The molecule has 3 heteroatoms. The third-order valence-corrected chi connectivity index (χ3v) is 4.30. The van der Waals surface area contributed by atoms with Crippen LogP contribution >= 0.6 is 22.6 Å². The number of nitrogens with one attached hydrogen (secondary N) is 1. The molecule has 0 aliphatic carbocycles. The predicted octanol–water partition coefficient (Wildman–Crippen LogP) is 4.14. The number of rotatable bonds is 5. The van der Waals surface area contributed by atoms with Crippen LogP contribution in [-0.2, 0) is 0 Å². The maximum absolute atomic E-state index is 4.49. The average Bonchev–Trinajstić information content (AvgIpc) is 2.46. The average molecular weight is 366 g/mol. The molecule has 2 nitrogen and oxygen atoms in total. The minimum atomic E-state index is 0.299. The van der Waals surface area contributed by atoms with Crippen molar-refractivity contribution in [2.45, 2.75) is 25.8 Å². The van der Waals surface area contributed by atoms with Crippen LogP contribution in [-0.4, -0.2) is 11.5 Å². The Morgan fingerprint density at radius 1 is 1.16 bits per heavy atom. The number of aromatic nitrogens is 1. The quantitative estimate of drug-likeness (QED) is 0.805. The number of benzene rings is 1. The van der Waals surface area contributed by atoms with E-state index in [0.717, 1.165) is 12.2 Å². The molecule has 0 saturated carbocycles. The Morgan fingerprint density at radius 2 is 1.89 bits per heavy atom. The summed E-state index contributed by atoms with van der Waals surface area (Å²) in [6.45, 7) is 5.33. The molecule has 100 valence electrons. The third-order valence-electron chi connectivity index (χ3n) is 3.32. The van der Waals surface area contributed by atoms with Crippen molar-refractivity contribution in [2.75, 3.05) is 6.54 Å². The van der Waals surface area contributed by atoms with Crippen molar-refractivity contribution in [3.05, 3.63) is 63.5 Å². The van der Waals surface area contributed by atoms with E-state index in [1.807, 2.05) is 12.3 Å². The van der Waals surface area contributed by atoms with E-state index in [2.05, 4.69) is 83.1 Å². The highest BCUT2D eigenvalue weighted by molar-refractivity contribution is 14.1. The van der Waals surface area contributed by atoms with Gasteiger partial charge >= 0.3 is 0 Å². The van der Waals surface area contributed by atoms with Crippen LogP contribution in [0.5, 0.6) is 0 Å². The van der Waals surface area contributed by atoms with Crippen molar-refractivity contribution < 1.29 is 0 Å². The number of hydrogen-bond donors (Lipinski definition) is 1. The molecule has 0 fully saturated rings. The largest absolute Gasteiger partial charge is 0.310 e. The first-order valence-electron chi connectivity index (χ1n) is 6.62. The molecule has 0 radical (unpaired) electrons. The number of pyridine rings is 1. The van der Waals surface area contributed by atoms with E-state index < -0.39 is 0 Å². The van der Waals surface area contributed by atoms with Crippen molar-refractivity contribution in [3.63, 3.8) is 0 Å². The molecule has 19 heavy (non-hydrogen) atoms. The lowest BCUT2D eigenvalue weighted by molar-refractivity contribution is 0.470. The monoisotopic (exact) mass is 366 g/mol. The lowest BCUT2D eigenvalue weighted by Crippen LogP contribution is -2.26. The second kappa shape index (κ2) is 7.01. The lowest BCUT2D eigenvalue weighted by Gasteiger charge is -2.26. The van der Waals surface area contributed by atoms with E-state index in [0.29, 0.717) is 12.0 Å². The van der Waals surface area contributed by atoms with E-state index in [-0.39, 0.29) is 0 Å². The fourth-order valence-corrected chi connectivity index (χ4v) is 3.04. The van der Waals surface area contributed by atoms with Crippen molar-refractivity contribution >= 4 is 22.6 Å². The predicted molar refractivity (Wildman–Crippen MR) is 88.2 cm³/mol. The molecule has 0 aliphatic heterocycles. The first-order valence-corrected chi connectivity index (χ1v) is 7.70. The maximum Gasteiger partial charge on any atom is 0.0450 e. The van der Waals surface area contributed by atoms with E-state index in [9.17, 15) is 0 Å². The van der Waals surface area contributed by atoms with Crippen LogP contribution in [0.15, 0.2) is 48.7 Å². The summed E-state index contributed by atoms with van der Waals surface area (Å²) in [5, 5.41) is 3.59. The number of hydrogen-bond acceptors (Lipinski definition) is 2. The van der Waals surface area contributed by atoms with Crippen LogP contribution in [0.25, 0.3) is 0 Å². The Labute approximate surface area is 128 Å². The zero-order valence-electron chi connectivity index (χ0n) is 11.3. The normalized spacial score (nSPS) is 14.1. The van der Waals surface area contributed by atoms with Gasteiger partial charge in [0.15, 0.2) is 0 Å². The van der Waals surface area contributed by atoms with Crippen LogP contribution in [0.4, 0.5) is 0 Å². The smallest absolute Gasteiger partial charge is 0.0450 e. The summed E-state index contributed by atoms with van der Waals surface area (Å²) in [4.78, 5) is 4.49. The summed E-state index contributed by atoms with van der Waals surface area (Å²) >= 11 is 2.41. The fraction of sp³-hybridized carbons (Fsp3) is 0.312. The SMILES string of the molecule is CCNC(c1ccccc1I)C(C)c1ccccn1. The summed E-state index contributed by atoms with van der Waals surface area (Å²) < 4.78 is 1.30. The highest BCUT2D eigenvalue weighted by Crippen LogP contribution is 2.31. The molecular formula is C16H19IN2. The molecule has 2 atom stereocenters. The summed E-state index contributed by atoms with van der Waals surface area (Å²) in [6, 6.07) is 15.0. The van der Waals surface area contributed by atoms with E-state index in [1.165, 1.54) is 9.13 Å². The van der Waals surface area contributed by atoms with Gasteiger partial charge in [-0.15, -0.1) is 0 Å². The molecule has 0 spiro atoms. The van der Waals surface area contributed by atoms with Crippen molar-refractivity contribution in [1.82, 2.24) is 10.3 Å². The molecule has 2 aromatic rings. The lowest BCUT2D eigenvalue weighted by atomic mass is 9.91. The van der Waals surface area contributed by atoms with E-state index in [1.54, 1.807) is 0 Å². The maximum atomic E-state index is 4.49. The van der Waals surface area contributed by atoms with Crippen LogP contribution < -0.4 is 5.32 Å². The van der Waals surface area contributed by atoms with Crippen LogP contribution in [0.1, 0.15) is 37.1 Å². The zero-order chi connectivity index (χ0) is 13.7. The first-order chi connectivity index (χ1) is 9.24. The molecule has 2 unspecified atom stereocenters. The molecule has 2 rings (SSSR count). The molecule has 1 N–H and O–H groups in total. The summed E-state index contributed by atoms with van der Waals surface area (Å²) in [6.07, 6.45) is 1.87. The van der Waals surface area contributed by atoms with Crippen molar-refractivity contribution in [1.29, 1.82) is 0 Å². The van der Waals surface area contributed by atoms with E-state index >= 15 is 0 Å². The van der Waals surface area contributed by atoms with Gasteiger partial charge in [-0.05, 0) is 52.9 Å². The van der Waals surface area contributed by atoms with Crippen LogP contribution in [0.2, 0.25) is 0 Å². The standard InChI is InChI=1S/C16H19IN2/c1-3-18-16(13-8-4-5-9-14(13)17)12(2)15-10-6-7-11-19-15/h4-12,16,18H,3H2,1-2H3. The molecule has 1 heterocycles. The molecule has 0 aliphatic rings.